The van der Waals surface area contributed by atoms with E-state index >= 15 is 0 Å². The van der Waals surface area contributed by atoms with Crippen molar-refractivity contribution in [2.45, 2.75) is 95.3 Å². The SMILES string of the molecule is CCO[C@H](CN1C[C@H]2CCCC[C@H]2C[C@H]1C(=O)NC(C)(C)C)[C@H](CSc1ccccc1)NC(=O)c1cccc(O)c1C. The summed E-state index contributed by atoms with van der Waals surface area (Å²) in [5.41, 5.74) is 0.689. The van der Waals surface area contributed by atoms with Crippen LogP contribution >= 0.6 is 11.8 Å². The molecule has 2 amide bonds. The van der Waals surface area contributed by atoms with Crippen LogP contribution in [-0.2, 0) is 9.53 Å². The molecule has 2 aromatic carbocycles. The summed E-state index contributed by atoms with van der Waals surface area (Å²) in [7, 11) is 0. The molecule has 1 aliphatic heterocycles. The first kappa shape index (κ1) is 32.4. The minimum Gasteiger partial charge on any atom is -0.508 e. The van der Waals surface area contributed by atoms with Gasteiger partial charge < -0.3 is 20.5 Å². The number of ether oxygens (including phenoxy) is 1. The summed E-state index contributed by atoms with van der Waals surface area (Å²) in [6, 6.07) is 14.6. The zero-order chi connectivity index (χ0) is 30.3. The second kappa shape index (κ2) is 14.8. The average molecular weight is 596 g/mol. The van der Waals surface area contributed by atoms with Gasteiger partial charge in [-0.1, -0.05) is 43.5 Å². The molecule has 42 heavy (non-hydrogen) atoms. The average Bonchev–Trinajstić information content (AvgIpc) is 2.95. The quantitative estimate of drug-likeness (QED) is 0.285. The van der Waals surface area contributed by atoms with Gasteiger partial charge in [-0.15, -0.1) is 11.8 Å². The van der Waals surface area contributed by atoms with Gasteiger partial charge >= 0.3 is 0 Å². The Morgan fingerprint density at radius 3 is 2.48 bits per heavy atom. The lowest BCUT2D eigenvalue weighted by atomic mass is 9.72. The third-order valence-corrected chi connectivity index (χ3v) is 9.72. The molecule has 0 aromatic heterocycles. The molecule has 0 spiro atoms. The van der Waals surface area contributed by atoms with Crippen molar-refractivity contribution in [1.82, 2.24) is 15.5 Å². The van der Waals surface area contributed by atoms with Gasteiger partial charge in [-0.3, -0.25) is 14.5 Å². The highest BCUT2D eigenvalue weighted by Crippen LogP contribution is 2.39. The normalized spacial score (nSPS) is 22.5. The fraction of sp³-hybridized carbons (Fsp3) is 0.588. The predicted octanol–water partition coefficient (Wildman–Crippen LogP) is 5.79. The van der Waals surface area contributed by atoms with E-state index in [1.807, 2.05) is 45.9 Å². The molecule has 0 bridgehead atoms. The smallest absolute Gasteiger partial charge is 0.252 e. The summed E-state index contributed by atoms with van der Waals surface area (Å²) in [6.07, 6.45) is 5.44. The summed E-state index contributed by atoms with van der Waals surface area (Å²) in [5.74, 6) is 1.71. The van der Waals surface area contributed by atoms with Crippen molar-refractivity contribution < 1.29 is 19.4 Å². The van der Waals surface area contributed by atoms with Crippen molar-refractivity contribution in [3.8, 4) is 5.75 Å². The van der Waals surface area contributed by atoms with E-state index in [1.54, 1.807) is 36.9 Å². The number of nitrogens with one attached hydrogen (secondary N) is 2. The number of nitrogens with zero attached hydrogens (tertiary/aromatic N) is 1. The largest absolute Gasteiger partial charge is 0.508 e. The number of hydrogen-bond donors (Lipinski definition) is 3. The van der Waals surface area contributed by atoms with Crippen molar-refractivity contribution in [2.75, 3.05) is 25.4 Å². The molecule has 4 rings (SSSR count). The van der Waals surface area contributed by atoms with Crippen molar-refractivity contribution >= 4 is 23.6 Å². The van der Waals surface area contributed by atoms with Gasteiger partial charge in [-0.05, 0) is 83.6 Å². The highest BCUT2D eigenvalue weighted by molar-refractivity contribution is 7.99. The van der Waals surface area contributed by atoms with Crippen LogP contribution in [-0.4, -0.2) is 71.0 Å². The van der Waals surface area contributed by atoms with E-state index in [0.29, 0.717) is 41.9 Å². The summed E-state index contributed by atoms with van der Waals surface area (Å²) in [6.45, 7) is 11.7. The second-order valence-electron chi connectivity index (χ2n) is 12.9. The highest BCUT2D eigenvalue weighted by Gasteiger charge is 2.42. The van der Waals surface area contributed by atoms with Crippen LogP contribution < -0.4 is 10.6 Å². The number of benzene rings is 2. The first-order valence-corrected chi connectivity index (χ1v) is 16.5. The number of carbonyl (C=O) groups excluding carboxylic acids is 2. The number of thioether (sulfide) groups is 1. The monoisotopic (exact) mass is 595 g/mol. The van der Waals surface area contributed by atoms with Crippen molar-refractivity contribution in [3.63, 3.8) is 0 Å². The van der Waals surface area contributed by atoms with Gasteiger partial charge in [0.1, 0.15) is 5.75 Å². The van der Waals surface area contributed by atoms with Crippen LogP contribution in [0.2, 0.25) is 0 Å². The zero-order valence-electron chi connectivity index (χ0n) is 25.9. The minimum atomic E-state index is -0.321. The predicted molar refractivity (Wildman–Crippen MR) is 170 cm³/mol. The van der Waals surface area contributed by atoms with Gasteiger partial charge in [0, 0.05) is 47.0 Å². The van der Waals surface area contributed by atoms with Crippen molar-refractivity contribution in [3.05, 3.63) is 59.7 Å². The number of phenolic OH excluding ortho intramolecular Hbond substituents is 1. The highest BCUT2D eigenvalue weighted by atomic mass is 32.2. The number of phenols is 1. The number of piperidine rings is 1. The molecule has 2 aliphatic rings. The number of likely N-dealkylation sites (tertiary alicyclic amines) is 1. The molecule has 2 fully saturated rings. The molecule has 8 heteroatoms. The van der Waals surface area contributed by atoms with E-state index in [1.165, 1.54) is 25.7 Å². The molecule has 2 aromatic rings. The van der Waals surface area contributed by atoms with Crippen LogP contribution in [0.15, 0.2) is 53.4 Å². The molecule has 1 aliphatic carbocycles. The lowest BCUT2D eigenvalue weighted by Crippen LogP contribution is -2.60. The van der Waals surface area contributed by atoms with Crippen LogP contribution in [0, 0.1) is 18.8 Å². The fourth-order valence-electron chi connectivity index (χ4n) is 6.43. The summed E-state index contributed by atoms with van der Waals surface area (Å²) >= 11 is 1.68. The van der Waals surface area contributed by atoms with E-state index in [2.05, 4.69) is 27.7 Å². The van der Waals surface area contributed by atoms with Crippen LogP contribution in [0.4, 0.5) is 0 Å². The van der Waals surface area contributed by atoms with Crippen LogP contribution in [0.3, 0.4) is 0 Å². The van der Waals surface area contributed by atoms with Gasteiger partial charge in [0.05, 0.1) is 18.2 Å². The van der Waals surface area contributed by atoms with Gasteiger partial charge in [-0.25, -0.2) is 0 Å². The number of fused-ring (bicyclic) bond motifs is 1. The number of rotatable bonds is 11. The maximum absolute atomic E-state index is 13.7. The molecule has 230 valence electrons. The van der Waals surface area contributed by atoms with E-state index < -0.39 is 0 Å². The molecular formula is C34H49N3O4S. The van der Waals surface area contributed by atoms with E-state index in [9.17, 15) is 14.7 Å². The summed E-state index contributed by atoms with van der Waals surface area (Å²) in [4.78, 5) is 30.7. The molecule has 1 saturated heterocycles. The van der Waals surface area contributed by atoms with Gasteiger partial charge in [0.25, 0.3) is 5.91 Å². The summed E-state index contributed by atoms with van der Waals surface area (Å²) in [5, 5.41) is 16.8. The molecule has 1 heterocycles. The zero-order valence-corrected chi connectivity index (χ0v) is 26.7. The Morgan fingerprint density at radius 2 is 1.79 bits per heavy atom. The second-order valence-corrected chi connectivity index (χ2v) is 14.0. The van der Waals surface area contributed by atoms with Crippen LogP contribution in [0.25, 0.3) is 0 Å². The molecule has 1 saturated carbocycles. The maximum atomic E-state index is 13.7. The van der Waals surface area contributed by atoms with Gasteiger partial charge in [-0.2, -0.15) is 0 Å². The molecule has 7 nitrogen and oxygen atoms in total. The standard InChI is InChI=1S/C34H49N3O4S/c1-6-41-31(21-37-20-25-14-11-10-13-24(25)19-29(37)33(40)36-34(3,4)5)28(22-42-26-15-8-7-9-16-26)35-32(39)27-17-12-18-30(38)23(27)2/h7-9,12,15-18,24-25,28-29,31,38H,6,10-11,13-14,19-22H2,1-5H3,(H,35,39)(H,36,40)/t24-,25+,28-,29-,31+/m0/s1. The number of hydrogen-bond acceptors (Lipinski definition) is 6. The Balaban J connectivity index is 1.60. The fourth-order valence-corrected chi connectivity index (χ4v) is 7.45. The Kier molecular flexibility index (Phi) is 11.4. The lowest BCUT2D eigenvalue weighted by molar-refractivity contribution is -0.133. The van der Waals surface area contributed by atoms with Gasteiger partial charge in [0.15, 0.2) is 0 Å². The Hall–Kier alpha value is -2.55. The van der Waals surface area contributed by atoms with Crippen LogP contribution in [0.1, 0.15) is 75.7 Å². The summed E-state index contributed by atoms with van der Waals surface area (Å²) < 4.78 is 6.40. The topological polar surface area (TPSA) is 90.9 Å². The van der Waals surface area contributed by atoms with E-state index in [4.69, 9.17) is 4.74 Å². The third-order valence-electron chi connectivity index (χ3n) is 8.59. The first-order valence-electron chi connectivity index (χ1n) is 15.5. The van der Waals surface area contributed by atoms with E-state index in [-0.39, 0.29) is 41.3 Å². The maximum Gasteiger partial charge on any atom is 0.252 e. The molecule has 0 radical (unpaired) electrons. The Labute approximate surface area is 256 Å². The lowest BCUT2D eigenvalue weighted by Gasteiger charge is -2.47. The Morgan fingerprint density at radius 1 is 1.07 bits per heavy atom. The number of amides is 2. The number of aromatic hydroxyl groups is 1. The third kappa shape index (κ3) is 8.74. The molecule has 3 N–H and O–H groups in total. The van der Waals surface area contributed by atoms with Crippen LogP contribution in [0.5, 0.6) is 5.75 Å². The van der Waals surface area contributed by atoms with Crippen molar-refractivity contribution in [2.24, 2.45) is 11.8 Å². The van der Waals surface area contributed by atoms with Crippen molar-refractivity contribution in [1.29, 1.82) is 0 Å². The molecule has 5 atom stereocenters. The van der Waals surface area contributed by atoms with Gasteiger partial charge in [0.2, 0.25) is 5.91 Å². The first-order chi connectivity index (χ1) is 20.1. The molecular weight excluding hydrogens is 546 g/mol. The molecule has 0 unspecified atom stereocenters. The van der Waals surface area contributed by atoms with E-state index in [0.717, 1.165) is 17.9 Å². The number of carbonyl (C=O) groups is 2. The Bertz CT molecular complexity index is 1190. The minimum absolute atomic E-state index is 0.0800.